The van der Waals surface area contributed by atoms with Crippen LogP contribution >= 0.6 is 11.8 Å². The van der Waals surface area contributed by atoms with Crippen LogP contribution in [0.3, 0.4) is 0 Å². The summed E-state index contributed by atoms with van der Waals surface area (Å²) in [4.78, 5) is 27.1. The first-order valence-corrected chi connectivity index (χ1v) is 8.56. The maximum absolute atomic E-state index is 12.1. The number of hydrogen-bond donors (Lipinski definition) is 1. The van der Waals surface area contributed by atoms with Crippen LogP contribution in [0.15, 0.2) is 23.4 Å². The van der Waals surface area contributed by atoms with E-state index in [0.29, 0.717) is 16.9 Å². The molecule has 1 N–H and O–H groups in total. The monoisotopic (exact) mass is 321 g/mol. The van der Waals surface area contributed by atoms with Gasteiger partial charge >= 0.3 is 0 Å². The summed E-state index contributed by atoms with van der Waals surface area (Å²) in [6.07, 6.45) is 4.87. The topological polar surface area (TPSA) is 82.1 Å². The van der Waals surface area contributed by atoms with E-state index < -0.39 is 5.97 Å². The third-order valence-electron chi connectivity index (χ3n) is 4.38. The second-order valence-electron chi connectivity index (χ2n) is 5.87. The van der Waals surface area contributed by atoms with Crippen LogP contribution in [-0.2, 0) is 4.79 Å². The van der Waals surface area contributed by atoms with Gasteiger partial charge in [0, 0.05) is 17.8 Å². The van der Waals surface area contributed by atoms with Crippen molar-refractivity contribution >= 4 is 23.6 Å². The lowest BCUT2D eigenvalue weighted by atomic mass is 9.78. The van der Waals surface area contributed by atoms with E-state index in [9.17, 15) is 14.7 Å². The molecule has 0 aromatic carbocycles. The second-order valence-corrected chi connectivity index (χ2v) is 6.84. The van der Waals surface area contributed by atoms with Crippen LogP contribution in [0.1, 0.15) is 43.5 Å². The summed E-state index contributed by atoms with van der Waals surface area (Å²) in [5.41, 5.74) is 0.0277. The summed E-state index contributed by atoms with van der Waals surface area (Å²) in [5.74, 6) is -0.102. The SMILES string of the molecule is C[C@H]1[C@@H](NC(=O)CSc2ncccc2C(=O)[O-])CCC[C@@H]1C. The van der Waals surface area contributed by atoms with Gasteiger partial charge in [-0.05, 0) is 30.4 Å². The minimum atomic E-state index is -1.27. The van der Waals surface area contributed by atoms with Crippen LogP contribution in [-0.4, -0.2) is 28.7 Å². The predicted molar refractivity (Wildman–Crippen MR) is 83.4 cm³/mol. The summed E-state index contributed by atoms with van der Waals surface area (Å²) < 4.78 is 0. The Balaban J connectivity index is 1.89. The second kappa shape index (κ2) is 7.63. The van der Waals surface area contributed by atoms with E-state index >= 15 is 0 Å². The Morgan fingerprint density at radius 2 is 2.18 bits per heavy atom. The fraction of sp³-hybridized carbons (Fsp3) is 0.562. The number of aromatic nitrogens is 1. The summed E-state index contributed by atoms with van der Waals surface area (Å²) in [6, 6.07) is 3.19. The van der Waals surface area contributed by atoms with Gasteiger partial charge in [-0.25, -0.2) is 4.98 Å². The van der Waals surface area contributed by atoms with Crippen molar-refractivity contribution in [1.29, 1.82) is 0 Å². The van der Waals surface area contributed by atoms with E-state index in [-0.39, 0.29) is 23.3 Å². The number of carboxylic acid groups (broad SMARTS) is 1. The first-order valence-electron chi connectivity index (χ1n) is 7.57. The molecule has 2 rings (SSSR count). The van der Waals surface area contributed by atoms with Gasteiger partial charge in [-0.3, -0.25) is 4.79 Å². The Labute approximate surface area is 134 Å². The molecule has 1 saturated carbocycles. The van der Waals surface area contributed by atoms with Gasteiger partial charge in [0.25, 0.3) is 0 Å². The molecule has 0 spiro atoms. The quantitative estimate of drug-likeness (QED) is 0.831. The average molecular weight is 321 g/mol. The third kappa shape index (κ3) is 4.22. The fourth-order valence-corrected chi connectivity index (χ4v) is 3.62. The van der Waals surface area contributed by atoms with Crippen LogP contribution in [0.25, 0.3) is 0 Å². The smallest absolute Gasteiger partial charge is 0.230 e. The maximum atomic E-state index is 12.1. The summed E-state index contributed by atoms with van der Waals surface area (Å²) in [5, 5.41) is 14.4. The minimum Gasteiger partial charge on any atom is -0.545 e. The maximum Gasteiger partial charge on any atom is 0.230 e. The molecular formula is C16H21N2O3S-. The normalized spacial score (nSPS) is 24.7. The average Bonchev–Trinajstić information content (AvgIpc) is 2.50. The molecule has 120 valence electrons. The highest BCUT2D eigenvalue weighted by molar-refractivity contribution is 8.00. The first kappa shape index (κ1) is 16.8. The van der Waals surface area contributed by atoms with Crippen molar-refractivity contribution in [2.75, 3.05) is 5.75 Å². The van der Waals surface area contributed by atoms with E-state index in [2.05, 4.69) is 24.1 Å². The molecule has 0 unspecified atom stereocenters. The van der Waals surface area contributed by atoms with E-state index in [1.54, 1.807) is 6.07 Å². The highest BCUT2D eigenvalue weighted by Gasteiger charge is 2.28. The molecule has 1 aliphatic rings. The molecule has 0 saturated heterocycles. The molecule has 1 aliphatic carbocycles. The van der Waals surface area contributed by atoms with Crippen molar-refractivity contribution in [2.24, 2.45) is 11.8 Å². The molecule has 3 atom stereocenters. The molecule has 0 bridgehead atoms. The molecule has 1 aromatic heterocycles. The number of rotatable bonds is 5. The molecule has 6 heteroatoms. The highest BCUT2D eigenvalue weighted by Crippen LogP contribution is 2.29. The number of pyridine rings is 1. The van der Waals surface area contributed by atoms with Gasteiger partial charge in [-0.2, -0.15) is 0 Å². The Morgan fingerprint density at radius 3 is 2.91 bits per heavy atom. The van der Waals surface area contributed by atoms with Gasteiger partial charge in [0.05, 0.1) is 11.7 Å². The molecule has 0 radical (unpaired) electrons. The molecule has 5 nitrogen and oxygen atoms in total. The Morgan fingerprint density at radius 1 is 1.41 bits per heavy atom. The lowest BCUT2D eigenvalue weighted by molar-refractivity contribution is -0.255. The number of carboxylic acids is 1. The number of carbonyl (C=O) groups excluding carboxylic acids is 2. The van der Waals surface area contributed by atoms with Crippen molar-refractivity contribution in [3.8, 4) is 0 Å². The third-order valence-corrected chi connectivity index (χ3v) is 5.39. The van der Waals surface area contributed by atoms with Gasteiger partial charge in [0.1, 0.15) is 5.03 Å². The van der Waals surface area contributed by atoms with Gasteiger partial charge in [0.2, 0.25) is 5.91 Å². The highest BCUT2D eigenvalue weighted by atomic mass is 32.2. The Kier molecular flexibility index (Phi) is 5.83. The Bertz CT molecular complexity index is 550. The number of amides is 1. The van der Waals surface area contributed by atoms with E-state index in [1.807, 2.05) is 0 Å². The first-order chi connectivity index (χ1) is 10.5. The number of thioether (sulfide) groups is 1. The zero-order valence-corrected chi connectivity index (χ0v) is 13.7. The molecule has 1 fully saturated rings. The standard InChI is InChI=1S/C16H22N2O3S/c1-10-5-3-7-13(11(10)2)18-14(19)9-22-15-12(16(20)21)6-4-8-17-15/h4,6,8,10-11,13H,3,5,7,9H2,1-2H3,(H,18,19)(H,20,21)/p-1/t10-,11+,13-/m0/s1. The van der Waals surface area contributed by atoms with Crippen molar-refractivity contribution < 1.29 is 14.7 Å². The van der Waals surface area contributed by atoms with E-state index in [1.165, 1.54) is 18.7 Å². The zero-order valence-electron chi connectivity index (χ0n) is 12.9. The Hall–Kier alpha value is -1.56. The van der Waals surface area contributed by atoms with Crippen LogP contribution in [0.4, 0.5) is 0 Å². The van der Waals surface area contributed by atoms with Gasteiger partial charge in [-0.15, -0.1) is 0 Å². The molecule has 0 aliphatic heterocycles. The van der Waals surface area contributed by atoms with Crippen molar-refractivity contribution in [1.82, 2.24) is 10.3 Å². The summed E-state index contributed by atoms with van der Waals surface area (Å²) >= 11 is 1.13. The summed E-state index contributed by atoms with van der Waals surface area (Å²) in [6.45, 7) is 4.40. The van der Waals surface area contributed by atoms with Gasteiger partial charge < -0.3 is 15.2 Å². The largest absolute Gasteiger partial charge is 0.545 e. The predicted octanol–water partition coefficient (Wildman–Crippen LogP) is 1.48. The molecular weight excluding hydrogens is 300 g/mol. The number of aromatic carboxylic acids is 1. The van der Waals surface area contributed by atoms with Crippen LogP contribution in [0, 0.1) is 11.8 Å². The van der Waals surface area contributed by atoms with Crippen molar-refractivity contribution in [2.45, 2.75) is 44.2 Å². The van der Waals surface area contributed by atoms with Gasteiger partial charge in [0.15, 0.2) is 0 Å². The molecule has 1 aromatic rings. The summed E-state index contributed by atoms with van der Waals surface area (Å²) in [7, 11) is 0. The molecule has 1 amide bonds. The fourth-order valence-electron chi connectivity index (χ4n) is 2.83. The minimum absolute atomic E-state index is 0.0277. The van der Waals surface area contributed by atoms with Crippen molar-refractivity contribution in [3.05, 3.63) is 23.9 Å². The van der Waals surface area contributed by atoms with Crippen LogP contribution < -0.4 is 10.4 Å². The number of hydrogen-bond acceptors (Lipinski definition) is 5. The lowest BCUT2D eigenvalue weighted by Crippen LogP contribution is -2.44. The number of carbonyl (C=O) groups is 2. The van der Waals surface area contributed by atoms with Gasteiger partial charge in [-0.1, -0.05) is 38.5 Å². The van der Waals surface area contributed by atoms with Crippen LogP contribution in [0.5, 0.6) is 0 Å². The lowest BCUT2D eigenvalue weighted by Gasteiger charge is -2.34. The van der Waals surface area contributed by atoms with Crippen molar-refractivity contribution in [3.63, 3.8) is 0 Å². The molecule has 22 heavy (non-hydrogen) atoms. The van der Waals surface area contributed by atoms with E-state index in [0.717, 1.165) is 24.6 Å². The number of nitrogens with one attached hydrogen (secondary N) is 1. The van der Waals surface area contributed by atoms with Crippen LogP contribution in [0.2, 0.25) is 0 Å². The van der Waals surface area contributed by atoms with E-state index in [4.69, 9.17) is 0 Å². The zero-order chi connectivity index (χ0) is 16.1. The number of nitrogens with zero attached hydrogens (tertiary/aromatic N) is 1. The molecule has 1 heterocycles.